The zero-order valence-corrected chi connectivity index (χ0v) is 9.36. The van der Waals surface area contributed by atoms with Crippen molar-refractivity contribution in [1.82, 2.24) is 4.90 Å². The highest BCUT2D eigenvalue weighted by Crippen LogP contribution is 2.18. The molecule has 14 heavy (non-hydrogen) atoms. The maximum absolute atomic E-state index is 5.82. The topological polar surface area (TPSA) is 50.8 Å². The highest BCUT2D eigenvalue weighted by molar-refractivity contribution is 5.80. The van der Waals surface area contributed by atoms with Crippen LogP contribution in [0.2, 0.25) is 0 Å². The van der Waals surface area contributed by atoms with Crippen molar-refractivity contribution in [3.05, 3.63) is 0 Å². The number of nitrogens with zero attached hydrogens (tertiary/aromatic N) is 2. The first kappa shape index (κ1) is 11.3. The van der Waals surface area contributed by atoms with Crippen molar-refractivity contribution in [2.75, 3.05) is 26.8 Å². The van der Waals surface area contributed by atoms with E-state index >= 15 is 0 Å². The van der Waals surface area contributed by atoms with Crippen LogP contribution in [0.1, 0.15) is 20.3 Å². The maximum atomic E-state index is 5.82. The van der Waals surface area contributed by atoms with Crippen molar-refractivity contribution in [3.63, 3.8) is 0 Å². The molecule has 0 aromatic carbocycles. The molecule has 0 spiro atoms. The summed E-state index contributed by atoms with van der Waals surface area (Å²) < 4.78 is 5.06. The van der Waals surface area contributed by atoms with Crippen molar-refractivity contribution >= 4 is 5.96 Å². The van der Waals surface area contributed by atoms with Crippen molar-refractivity contribution in [1.29, 1.82) is 0 Å². The molecule has 0 saturated heterocycles. The highest BCUT2D eigenvalue weighted by atomic mass is 16.5. The number of hydrogen-bond acceptors (Lipinski definition) is 4. The lowest BCUT2D eigenvalue weighted by molar-refractivity contribution is 0.153. The average Bonchev–Trinajstić information content (AvgIpc) is 2.56. The Labute approximate surface area is 86.1 Å². The molecule has 0 aromatic heterocycles. The van der Waals surface area contributed by atoms with E-state index in [0.29, 0.717) is 24.5 Å². The molecule has 0 aromatic rings. The van der Waals surface area contributed by atoms with E-state index < -0.39 is 0 Å². The van der Waals surface area contributed by atoms with E-state index in [1.165, 1.54) is 0 Å². The smallest absolute Gasteiger partial charge is 0.191 e. The van der Waals surface area contributed by atoms with E-state index in [1.807, 2.05) is 0 Å². The van der Waals surface area contributed by atoms with Crippen LogP contribution in [0.15, 0.2) is 4.99 Å². The molecule has 1 aliphatic rings. The molecule has 0 aliphatic carbocycles. The molecular weight excluding hydrogens is 178 g/mol. The van der Waals surface area contributed by atoms with Crippen molar-refractivity contribution in [3.8, 4) is 0 Å². The first-order valence-corrected chi connectivity index (χ1v) is 5.26. The molecule has 0 amide bonds. The second kappa shape index (κ2) is 5.20. The van der Waals surface area contributed by atoms with E-state index in [1.54, 1.807) is 7.11 Å². The molecule has 0 saturated carbocycles. The fraction of sp³-hybridized carbons (Fsp3) is 0.900. The normalized spacial score (nSPS) is 23.8. The molecule has 2 unspecified atom stereocenters. The number of aliphatic imine (C=N–C) groups is 1. The first-order chi connectivity index (χ1) is 6.70. The quantitative estimate of drug-likeness (QED) is 0.708. The van der Waals surface area contributed by atoms with Gasteiger partial charge in [0.25, 0.3) is 0 Å². The van der Waals surface area contributed by atoms with E-state index in [4.69, 9.17) is 10.5 Å². The van der Waals surface area contributed by atoms with Gasteiger partial charge in [0.2, 0.25) is 0 Å². The summed E-state index contributed by atoms with van der Waals surface area (Å²) in [4.78, 5) is 6.45. The molecule has 2 atom stereocenters. The Balaban J connectivity index is 2.52. The molecule has 0 bridgehead atoms. The van der Waals surface area contributed by atoms with E-state index in [2.05, 4.69) is 23.7 Å². The summed E-state index contributed by atoms with van der Waals surface area (Å²) in [7, 11) is 1.71. The third-order valence-corrected chi connectivity index (χ3v) is 2.97. The monoisotopic (exact) mass is 199 g/mol. The van der Waals surface area contributed by atoms with Gasteiger partial charge in [-0.3, -0.25) is 4.99 Å². The van der Waals surface area contributed by atoms with Gasteiger partial charge in [-0.15, -0.1) is 0 Å². The predicted molar refractivity (Wildman–Crippen MR) is 58.3 cm³/mol. The summed E-state index contributed by atoms with van der Waals surface area (Å²) >= 11 is 0. The van der Waals surface area contributed by atoms with Crippen LogP contribution in [-0.2, 0) is 4.74 Å². The van der Waals surface area contributed by atoms with Crippen molar-refractivity contribution < 1.29 is 4.74 Å². The lowest BCUT2D eigenvalue weighted by Crippen LogP contribution is -2.45. The summed E-state index contributed by atoms with van der Waals surface area (Å²) in [5.74, 6) is 1.31. The molecule has 2 N–H and O–H groups in total. The molecule has 0 fully saturated rings. The van der Waals surface area contributed by atoms with Crippen LogP contribution in [0.4, 0.5) is 0 Å². The molecule has 1 heterocycles. The van der Waals surface area contributed by atoms with E-state index in [9.17, 15) is 0 Å². The van der Waals surface area contributed by atoms with Crippen LogP contribution >= 0.6 is 0 Å². The average molecular weight is 199 g/mol. The van der Waals surface area contributed by atoms with Gasteiger partial charge in [-0.1, -0.05) is 20.3 Å². The van der Waals surface area contributed by atoms with Gasteiger partial charge in [-0.25, -0.2) is 0 Å². The second-order valence-corrected chi connectivity index (χ2v) is 3.84. The summed E-state index contributed by atoms with van der Waals surface area (Å²) in [6.45, 7) is 6.85. The number of nitrogens with two attached hydrogens (primary N) is 1. The largest absolute Gasteiger partial charge is 0.383 e. The van der Waals surface area contributed by atoms with Crippen LogP contribution in [-0.4, -0.2) is 43.7 Å². The Kier molecular flexibility index (Phi) is 4.20. The zero-order chi connectivity index (χ0) is 10.6. The Morgan fingerprint density at radius 2 is 2.43 bits per heavy atom. The minimum absolute atomic E-state index is 0.468. The SMILES string of the molecule is CCC(C)C1CN=C(N)N1CCOC. The van der Waals surface area contributed by atoms with Crippen molar-refractivity contribution in [2.45, 2.75) is 26.3 Å². The van der Waals surface area contributed by atoms with Gasteiger partial charge in [0.05, 0.1) is 19.2 Å². The Morgan fingerprint density at radius 3 is 3.00 bits per heavy atom. The fourth-order valence-corrected chi connectivity index (χ4v) is 1.78. The van der Waals surface area contributed by atoms with Crippen LogP contribution in [0.5, 0.6) is 0 Å². The molecule has 4 heteroatoms. The number of hydrogen-bond donors (Lipinski definition) is 1. The van der Waals surface area contributed by atoms with Gasteiger partial charge >= 0.3 is 0 Å². The number of rotatable bonds is 5. The fourth-order valence-electron chi connectivity index (χ4n) is 1.78. The lowest BCUT2D eigenvalue weighted by Gasteiger charge is -2.29. The third-order valence-electron chi connectivity index (χ3n) is 2.97. The van der Waals surface area contributed by atoms with Crippen molar-refractivity contribution in [2.24, 2.45) is 16.6 Å². The second-order valence-electron chi connectivity index (χ2n) is 3.84. The Hall–Kier alpha value is -0.770. The van der Waals surface area contributed by atoms with Gasteiger partial charge in [0, 0.05) is 13.7 Å². The molecular formula is C10H21N3O. The number of ether oxygens (including phenoxy) is 1. The number of methoxy groups -OCH3 is 1. The molecule has 0 radical (unpaired) electrons. The van der Waals surface area contributed by atoms with Gasteiger partial charge in [-0.2, -0.15) is 0 Å². The summed E-state index contributed by atoms with van der Waals surface area (Å²) in [5, 5.41) is 0. The van der Waals surface area contributed by atoms with Gasteiger partial charge < -0.3 is 15.4 Å². The molecule has 82 valence electrons. The molecule has 1 aliphatic heterocycles. The predicted octanol–water partition coefficient (Wildman–Crippen LogP) is 0.678. The summed E-state index contributed by atoms with van der Waals surface area (Å²) in [5.41, 5.74) is 5.82. The number of guanidine groups is 1. The molecule has 4 nitrogen and oxygen atoms in total. The summed E-state index contributed by atoms with van der Waals surface area (Å²) in [6.07, 6.45) is 1.16. The minimum Gasteiger partial charge on any atom is -0.383 e. The lowest BCUT2D eigenvalue weighted by atomic mass is 9.99. The van der Waals surface area contributed by atoms with Crippen LogP contribution in [0.25, 0.3) is 0 Å². The standard InChI is InChI=1S/C10H21N3O/c1-4-8(2)9-7-12-10(11)13(9)5-6-14-3/h8-9H,4-7H2,1-3H3,(H2,11,12). The van der Waals surface area contributed by atoms with Crippen LogP contribution in [0, 0.1) is 5.92 Å². The first-order valence-electron chi connectivity index (χ1n) is 5.26. The Morgan fingerprint density at radius 1 is 1.71 bits per heavy atom. The van der Waals surface area contributed by atoms with Gasteiger partial charge in [0.1, 0.15) is 0 Å². The highest BCUT2D eigenvalue weighted by Gasteiger charge is 2.29. The van der Waals surface area contributed by atoms with E-state index in [-0.39, 0.29) is 0 Å². The maximum Gasteiger partial charge on any atom is 0.191 e. The zero-order valence-electron chi connectivity index (χ0n) is 9.36. The minimum atomic E-state index is 0.468. The van der Waals surface area contributed by atoms with Crippen LogP contribution < -0.4 is 5.73 Å². The summed E-state index contributed by atoms with van der Waals surface area (Å²) in [6, 6.07) is 0.468. The third kappa shape index (κ3) is 2.38. The molecule has 1 rings (SSSR count). The van der Waals surface area contributed by atoms with Gasteiger partial charge in [0.15, 0.2) is 5.96 Å². The van der Waals surface area contributed by atoms with E-state index in [0.717, 1.165) is 19.5 Å². The Bertz CT molecular complexity index is 206. The van der Waals surface area contributed by atoms with Crippen LogP contribution in [0.3, 0.4) is 0 Å². The van der Waals surface area contributed by atoms with Gasteiger partial charge in [-0.05, 0) is 5.92 Å².